The molecule has 0 unspecified atom stereocenters. The van der Waals surface area contributed by atoms with Crippen LogP contribution in [0.15, 0.2) is 36.4 Å². The minimum Gasteiger partial charge on any atom is -0.480 e. The minimum absolute atomic E-state index is 0.264. The molecule has 6 nitrogen and oxygen atoms in total. The Kier molecular flexibility index (Phi) is 3.98. The summed E-state index contributed by atoms with van der Waals surface area (Å²) in [7, 11) is 0. The molecule has 2 atom stereocenters. The smallest absolute Gasteiger partial charge is 0.293 e. The second kappa shape index (κ2) is 5.92. The Balaban J connectivity index is 2.04. The first-order valence-corrected chi connectivity index (χ1v) is 7.07. The van der Waals surface area contributed by atoms with Gasteiger partial charge in [-0.3, -0.25) is 0 Å². The van der Waals surface area contributed by atoms with Crippen LogP contribution in [0.5, 0.6) is 6.01 Å². The van der Waals surface area contributed by atoms with Crippen LogP contribution in [0, 0.1) is 0 Å². The van der Waals surface area contributed by atoms with Crippen LogP contribution in [0.4, 0.5) is 0 Å². The monoisotopic (exact) mass is 319 g/mol. The van der Waals surface area contributed by atoms with Gasteiger partial charge in [0.25, 0.3) is 6.01 Å². The summed E-state index contributed by atoms with van der Waals surface area (Å²) in [5, 5.41) is 29.8. The Morgan fingerprint density at radius 1 is 1.18 bits per heavy atom. The number of rotatable bonds is 4. The zero-order chi connectivity index (χ0) is 15.7. The number of aromatic nitrogens is 3. The molecule has 0 bridgehead atoms. The van der Waals surface area contributed by atoms with Crippen LogP contribution in [0.3, 0.4) is 0 Å². The number of hydrogen-bond acceptors (Lipinski definition) is 5. The highest BCUT2D eigenvalue weighted by atomic mass is 35.5. The lowest BCUT2D eigenvalue weighted by molar-refractivity contribution is 0.105. The van der Waals surface area contributed by atoms with Crippen molar-refractivity contribution in [2.75, 3.05) is 6.61 Å². The summed E-state index contributed by atoms with van der Waals surface area (Å²) in [5.74, 6) is -0.696. The van der Waals surface area contributed by atoms with E-state index in [9.17, 15) is 15.3 Å². The number of nitrogens with one attached hydrogen (secondary N) is 1. The Labute approximate surface area is 131 Å². The van der Waals surface area contributed by atoms with E-state index in [0.29, 0.717) is 16.8 Å². The zero-order valence-electron chi connectivity index (χ0n) is 11.4. The number of H-pyrrole nitrogens is 1. The summed E-state index contributed by atoms with van der Waals surface area (Å²) in [5.41, 5.74) is 1.75. The van der Waals surface area contributed by atoms with Crippen LogP contribution in [0.2, 0.25) is 5.02 Å². The second-order valence-electron chi connectivity index (χ2n) is 4.93. The highest BCUT2D eigenvalue weighted by Crippen LogP contribution is 2.34. The van der Waals surface area contributed by atoms with Gasteiger partial charge in [-0.1, -0.05) is 41.9 Å². The van der Waals surface area contributed by atoms with Crippen molar-refractivity contribution in [3.05, 3.63) is 52.7 Å². The zero-order valence-corrected chi connectivity index (χ0v) is 12.2. The van der Waals surface area contributed by atoms with Gasteiger partial charge in [0, 0.05) is 0 Å². The molecule has 0 saturated heterocycles. The average Bonchev–Trinajstić information content (AvgIpc) is 2.88. The minimum atomic E-state index is -0.957. The second-order valence-corrected chi connectivity index (χ2v) is 5.34. The predicted molar refractivity (Wildman–Crippen MR) is 81.8 cm³/mol. The van der Waals surface area contributed by atoms with Gasteiger partial charge in [-0.05, 0) is 11.6 Å². The molecule has 0 aliphatic carbocycles. The first kappa shape index (κ1) is 14.8. The molecule has 22 heavy (non-hydrogen) atoms. The van der Waals surface area contributed by atoms with Crippen molar-refractivity contribution < 1.29 is 15.3 Å². The average molecular weight is 320 g/mol. The fourth-order valence-electron chi connectivity index (χ4n) is 2.40. The first-order chi connectivity index (χ1) is 10.6. The number of fused-ring (bicyclic) bond motifs is 1. The highest BCUT2D eigenvalue weighted by molar-refractivity contribution is 6.31. The predicted octanol–water partition coefficient (Wildman–Crippen LogP) is 2.13. The SMILES string of the molecule is OC[C@@H](c1nc2nc(O)[nH]c2cc1Cl)[C@@H](O)c1ccccc1. The third-order valence-corrected chi connectivity index (χ3v) is 3.81. The molecule has 4 N–H and O–H groups in total. The topological polar surface area (TPSA) is 102 Å². The van der Waals surface area contributed by atoms with E-state index in [2.05, 4.69) is 15.0 Å². The number of aromatic amines is 1. The summed E-state index contributed by atoms with van der Waals surface area (Å²) in [4.78, 5) is 10.7. The van der Waals surface area contributed by atoms with Crippen molar-refractivity contribution in [1.29, 1.82) is 0 Å². The third-order valence-electron chi connectivity index (χ3n) is 3.51. The number of pyridine rings is 1. The molecule has 0 fully saturated rings. The van der Waals surface area contributed by atoms with Gasteiger partial charge in [0.1, 0.15) is 0 Å². The van der Waals surface area contributed by atoms with Gasteiger partial charge in [0.05, 0.1) is 34.9 Å². The summed E-state index contributed by atoms with van der Waals surface area (Å²) in [6, 6.07) is 10.3. The molecular weight excluding hydrogens is 306 g/mol. The molecule has 0 radical (unpaired) electrons. The van der Waals surface area contributed by atoms with Crippen molar-refractivity contribution >= 4 is 22.8 Å². The van der Waals surface area contributed by atoms with E-state index in [-0.39, 0.29) is 23.3 Å². The van der Waals surface area contributed by atoms with E-state index < -0.39 is 12.0 Å². The lowest BCUT2D eigenvalue weighted by atomic mass is 9.93. The third kappa shape index (κ3) is 2.64. The number of hydrogen-bond donors (Lipinski definition) is 4. The Morgan fingerprint density at radius 2 is 1.91 bits per heavy atom. The van der Waals surface area contributed by atoms with Gasteiger partial charge in [0.2, 0.25) is 0 Å². The highest BCUT2D eigenvalue weighted by Gasteiger charge is 2.26. The maximum atomic E-state index is 10.5. The summed E-state index contributed by atoms with van der Waals surface area (Å²) < 4.78 is 0. The molecule has 3 rings (SSSR count). The van der Waals surface area contributed by atoms with Crippen LogP contribution < -0.4 is 0 Å². The largest absolute Gasteiger partial charge is 0.480 e. The Bertz CT molecular complexity index is 791. The normalized spacial score (nSPS) is 14.1. The van der Waals surface area contributed by atoms with Crippen LogP contribution in [0.25, 0.3) is 11.2 Å². The number of aliphatic hydroxyl groups excluding tert-OH is 2. The molecule has 0 amide bonds. The molecule has 0 aliphatic heterocycles. The fraction of sp³-hybridized carbons (Fsp3) is 0.200. The van der Waals surface area contributed by atoms with E-state index in [1.807, 2.05) is 6.07 Å². The molecule has 1 aromatic carbocycles. The van der Waals surface area contributed by atoms with Gasteiger partial charge in [-0.2, -0.15) is 4.98 Å². The van der Waals surface area contributed by atoms with Gasteiger partial charge in [0.15, 0.2) is 5.65 Å². The summed E-state index contributed by atoms with van der Waals surface area (Å²) >= 11 is 6.20. The molecule has 0 spiro atoms. The van der Waals surface area contributed by atoms with Crippen LogP contribution >= 0.6 is 11.6 Å². The van der Waals surface area contributed by atoms with Gasteiger partial charge in [-0.15, -0.1) is 0 Å². The molecule has 0 aliphatic rings. The van der Waals surface area contributed by atoms with Crippen molar-refractivity contribution in [3.8, 4) is 6.01 Å². The van der Waals surface area contributed by atoms with Crippen LogP contribution in [-0.2, 0) is 0 Å². The summed E-state index contributed by atoms with van der Waals surface area (Å²) in [6.45, 7) is -0.329. The Morgan fingerprint density at radius 3 is 2.59 bits per heavy atom. The van der Waals surface area contributed by atoms with Crippen molar-refractivity contribution in [3.63, 3.8) is 0 Å². The molecule has 7 heteroatoms. The molecule has 114 valence electrons. The number of imidazole rings is 1. The van der Waals surface area contributed by atoms with Crippen molar-refractivity contribution in [2.45, 2.75) is 12.0 Å². The molecule has 3 aromatic rings. The number of nitrogens with zero attached hydrogens (tertiary/aromatic N) is 2. The van der Waals surface area contributed by atoms with Crippen LogP contribution in [-0.4, -0.2) is 36.9 Å². The summed E-state index contributed by atoms with van der Waals surface area (Å²) in [6.07, 6.45) is -0.957. The van der Waals surface area contributed by atoms with E-state index in [4.69, 9.17) is 11.6 Å². The fourth-order valence-corrected chi connectivity index (χ4v) is 2.69. The standard InChI is InChI=1S/C15H14ClN3O3/c16-10-6-11-14(19-15(22)17-11)18-12(10)9(7-20)13(21)8-4-2-1-3-5-8/h1-6,9,13,20-21H,7H2,(H2,17,18,19,22)/t9-,13-/m0/s1. The quantitative estimate of drug-likeness (QED) is 0.590. The maximum absolute atomic E-state index is 10.5. The van der Waals surface area contributed by atoms with E-state index in [1.54, 1.807) is 30.3 Å². The van der Waals surface area contributed by atoms with Crippen LogP contribution in [0.1, 0.15) is 23.3 Å². The van der Waals surface area contributed by atoms with Gasteiger partial charge >= 0.3 is 0 Å². The number of halogens is 1. The molecule has 0 saturated carbocycles. The van der Waals surface area contributed by atoms with Gasteiger partial charge in [-0.25, -0.2) is 4.98 Å². The number of benzene rings is 1. The lowest BCUT2D eigenvalue weighted by Gasteiger charge is -2.21. The Hall–Kier alpha value is -2.15. The van der Waals surface area contributed by atoms with E-state index in [1.165, 1.54) is 0 Å². The number of aromatic hydroxyl groups is 1. The molecule has 2 aromatic heterocycles. The van der Waals surface area contributed by atoms with E-state index >= 15 is 0 Å². The first-order valence-electron chi connectivity index (χ1n) is 6.69. The maximum Gasteiger partial charge on any atom is 0.293 e. The molecule has 2 heterocycles. The lowest BCUT2D eigenvalue weighted by Crippen LogP contribution is -2.16. The van der Waals surface area contributed by atoms with Gasteiger partial charge < -0.3 is 20.3 Å². The van der Waals surface area contributed by atoms with Crippen molar-refractivity contribution in [2.24, 2.45) is 0 Å². The number of aliphatic hydroxyl groups is 2. The van der Waals surface area contributed by atoms with E-state index in [0.717, 1.165) is 0 Å². The molecular formula is C15H14ClN3O3. The van der Waals surface area contributed by atoms with Crippen molar-refractivity contribution in [1.82, 2.24) is 15.0 Å².